The summed E-state index contributed by atoms with van der Waals surface area (Å²) >= 11 is 0. The van der Waals surface area contributed by atoms with E-state index in [1.54, 1.807) is 0 Å². The third kappa shape index (κ3) is 1.92. The molecule has 0 unspecified atom stereocenters. The van der Waals surface area contributed by atoms with Crippen LogP contribution in [-0.4, -0.2) is 19.1 Å². The van der Waals surface area contributed by atoms with Gasteiger partial charge in [0, 0.05) is 18.3 Å². The number of hydrogen-bond donors (Lipinski definition) is 3. The van der Waals surface area contributed by atoms with Crippen molar-refractivity contribution < 1.29 is 4.39 Å². The average Bonchev–Trinajstić information content (AvgIpc) is 2.07. The lowest BCUT2D eigenvalue weighted by molar-refractivity contribution is 0.703. The Morgan fingerprint density at radius 1 is 1.75 bits per heavy atom. The van der Waals surface area contributed by atoms with Gasteiger partial charge in [-0.05, 0) is 18.5 Å². The smallest absolute Gasteiger partial charge is 0.214 e. The molecule has 3 nitrogen and oxygen atoms in total. The molecule has 0 aromatic carbocycles. The Morgan fingerprint density at radius 2 is 2.50 bits per heavy atom. The van der Waals surface area contributed by atoms with Crippen molar-refractivity contribution in [3.05, 3.63) is 23.4 Å². The van der Waals surface area contributed by atoms with Gasteiger partial charge in [-0.15, -0.1) is 0 Å². The van der Waals surface area contributed by atoms with Crippen LogP contribution >= 0.6 is 0 Å². The Labute approximate surface area is 70.6 Å². The standard InChI is InChI=1S/C8H12FN3/c9-8(11)7(4-10)6-2-1-3-12-5-6/h2,4,11-12H,1,3,5,10H2/b7-4-,11-8?. The van der Waals surface area contributed by atoms with Crippen LogP contribution in [0.25, 0.3) is 0 Å². The highest BCUT2D eigenvalue weighted by molar-refractivity contribution is 5.94. The Balaban J connectivity index is 2.79. The quantitative estimate of drug-likeness (QED) is 0.533. The fraction of sp³-hybridized carbons (Fsp3) is 0.375. The second-order valence-corrected chi connectivity index (χ2v) is 2.59. The van der Waals surface area contributed by atoms with E-state index in [1.807, 2.05) is 6.08 Å². The van der Waals surface area contributed by atoms with Crippen molar-refractivity contribution in [2.75, 3.05) is 13.1 Å². The minimum absolute atomic E-state index is 0.196. The van der Waals surface area contributed by atoms with Gasteiger partial charge in [0.1, 0.15) is 0 Å². The zero-order valence-electron chi connectivity index (χ0n) is 6.73. The van der Waals surface area contributed by atoms with Crippen molar-refractivity contribution in [1.29, 1.82) is 5.41 Å². The SMILES string of the molecule is N=C(F)/C(=C\N)C1=CCCNC1. The topological polar surface area (TPSA) is 61.9 Å². The first-order valence-electron chi connectivity index (χ1n) is 3.82. The average molecular weight is 169 g/mol. The summed E-state index contributed by atoms with van der Waals surface area (Å²) in [6, 6.07) is 0. The number of hydrogen-bond acceptors (Lipinski definition) is 3. The van der Waals surface area contributed by atoms with Gasteiger partial charge in [0.05, 0.1) is 0 Å². The van der Waals surface area contributed by atoms with Crippen LogP contribution in [0.1, 0.15) is 6.42 Å². The second-order valence-electron chi connectivity index (χ2n) is 2.59. The lowest BCUT2D eigenvalue weighted by Gasteiger charge is -2.14. The van der Waals surface area contributed by atoms with E-state index in [9.17, 15) is 4.39 Å². The minimum atomic E-state index is -0.965. The summed E-state index contributed by atoms with van der Waals surface area (Å²) in [4.78, 5) is 0. The molecule has 0 spiro atoms. The van der Waals surface area contributed by atoms with Crippen molar-refractivity contribution in [3.63, 3.8) is 0 Å². The highest BCUT2D eigenvalue weighted by Gasteiger charge is 2.11. The molecule has 0 saturated heterocycles. The second kappa shape index (κ2) is 4.01. The number of nitrogens with two attached hydrogens (primary N) is 1. The summed E-state index contributed by atoms with van der Waals surface area (Å²) in [5.74, 6) is -0.965. The molecule has 1 heterocycles. The summed E-state index contributed by atoms with van der Waals surface area (Å²) in [5, 5.41) is 9.88. The molecule has 0 bridgehead atoms. The molecule has 66 valence electrons. The van der Waals surface area contributed by atoms with Gasteiger partial charge in [-0.3, -0.25) is 5.41 Å². The molecule has 0 fully saturated rings. The van der Waals surface area contributed by atoms with Gasteiger partial charge in [-0.2, -0.15) is 4.39 Å². The molecule has 12 heavy (non-hydrogen) atoms. The fourth-order valence-corrected chi connectivity index (χ4v) is 1.17. The summed E-state index contributed by atoms with van der Waals surface area (Å²) in [6.07, 6.45) is 3.91. The largest absolute Gasteiger partial charge is 0.404 e. The van der Waals surface area contributed by atoms with Crippen LogP contribution in [0, 0.1) is 5.41 Å². The number of halogens is 1. The van der Waals surface area contributed by atoms with E-state index in [0.717, 1.165) is 24.7 Å². The highest BCUT2D eigenvalue weighted by Crippen LogP contribution is 2.13. The molecule has 4 heteroatoms. The maximum absolute atomic E-state index is 12.5. The third-order valence-electron chi connectivity index (χ3n) is 1.78. The molecular weight excluding hydrogens is 157 g/mol. The molecule has 4 N–H and O–H groups in total. The number of rotatable bonds is 2. The molecule has 0 saturated carbocycles. The maximum Gasteiger partial charge on any atom is 0.214 e. The summed E-state index contributed by atoms with van der Waals surface area (Å²) in [5.41, 5.74) is 6.16. The molecule has 1 aliphatic rings. The molecule has 0 aromatic rings. The molecule has 0 atom stereocenters. The van der Waals surface area contributed by atoms with Gasteiger partial charge in [0.15, 0.2) is 0 Å². The van der Waals surface area contributed by atoms with Gasteiger partial charge in [0.25, 0.3) is 0 Å². The van der Waals surface area contributed by atoms with E-state index in [2.05, 4.69) is 5.32 Å². The van der Waals surface area contributed by atoms with Crippen LogP contribution in [0.2, 0.25) is 0 Å². The van der Waals surface area contributed by atoms with Crippen molar-refractivity contribution in [2.45, 2.75) is 6.42 Å². The normalized spacial score (nSPS) is 18.8. The third-order valence-corrected chi connectivity index (χ3v) is 1.78. The lowest BCUT2D eigenvalue weighted by Crippen LogP contribution is -2.24. The predicted octanol–water partition coefficient (Wildman–Crippen LogP) is 0.695. The van der Waals surface area contributed by atoms with Crippen LogP contribution in [0.4, 0.5) is 4.39 Å². The number of nitrogens with one attached hydrogen (secondary N) is 2. The Kier molecular flexibility index (Phi) is 2.99. The maximum atomic E-state index is 12.5. The molecule has 0 amide bonds. The van der Waals surface area contributed by atoms with Crippen LogP contribution in [0.3, 0.4) is 0 Å². The van der Waals surface area contributed by atoms with E-state index in [-0.39, 0.29) is 5.57 Å². The minimum Gasteiger partial charge on any atom is -0.404 e. The lowest BCUT2D eigenvalue weighted by atomic mass is 10.0. The molecule has 0 aliphatic carbocycles. The fourth-order valence-electron chi connectivity index (χ4n) is 1.17. The van der Waals surface area contributed by atoms with E-state index in [4.69, 9.17) is 11.1 Å². The van der Waals surface area contributed by atoms with Crippen LogP contribution < -0.4 is 11.1 Å². The molecule has 1 rings (SSSR count). The van der Waals surface area contributed by atoms with E-state index in [0.29, 0.717) is 6.54 Å². The van der Waals surface area contributed by atoms with Gasteiger partial charge >= 0.3 is 0 Å². The first-order valence-corrected chi connectivity index (χ1v) is 3.82. The first-order chi connectivity index (χ1) is 5.75. The monoisotopic (exact) mass is 169 g/mol. The summed E-state index contributed by atoms with van der Waals surface area (Å²) < 4.78 is 12.5. The van der Waals surface area contributed by atoms with Crippen LogP contribution in [0.15, 0.2) is 23.4 Å². The van der Waals surface area contributed by atoms with Crippen molar-refractivity contribution in [2.24, 2.45) is 5.73 Å². The van der Waals surface area contributed by atoms with Crippen molar-refractivity contribution >= 4 is 5.97 Å². The molecule has 0 aromatic heterocycles. The van der Waals surface area contributed by atoms with E-state index < -0.39 is 5.97 Å². The Hall–Kier alpha value is -1.16. The summed E-state index contributed by atoms with van der Waals surface area (Å²) in [6.45, 7) is 1.50. The van der Waals surface area contributed by atoms with E-state index in [1.165, 1.54) is 0 Å². The van der Waals surface area contributed by atoms with Crippen LogP contribution in [-0.2, 0) is 0 Å². The molecular formula is C8H12FN3. The van der Waals surface area contributed by atoms with Crippen molar-refractivity contribution in [3.8, 4) is 0 Å². The van der Waals surface area contributed by atoms with Gasteiger partial charge < -0.3 is 11.1 Å². The van der Waals surface area contributed by atoms with Crippen molar-refractivity contribution in [1.82, 2.24) is 5.32 Å². The van der Waals surface area contributed by atoms with Gasteiger partial charge in [0.2, 0.25) is 5.97 Å². The van der Waals surface area contributed by atoms with Gasteiger partial charge in [-0.25, -0.2) is 0 Å². The Morgan fingerprint density at radius 3 is 2.92 bits per heavy atom. The first kappa shape index (κ1) is 8.93. The zero-order chi connectivity index (χ0) is 8.97. The molecule has 1 aliphatic heterocycles. The Bertz CT molecular complexity index is 243. The van der Waals surface area contributed by atoms with Gasteiger partial charge in [-0.1, -0.05) is 6.08 Å². The summed E-state index contributed by atoms with van der Waals surface area (Å²) in [7, 11) is 0. The highest BCUT2D eigenvalue weighted by atomic mass is 19.1. The zero-order valence-corrected chi connectivity index (χ0v) is 6.73. The predicted molar refractivity (Wildman–Crippen MR) is 46.7 cm³/mol. The van der Waals surface area contributed by atoms with E-state index >= 15 is 0 Å². The van der Waals surface area contributed by atoms with Crippen LogP contribution in [0.5, 0.6) is 0 Å². The molecule has 0 radical (unpaired) electrons.